The predicted molar refractivity (Wildman–Crippen MR) is 92.2 cm³/mol. The highest BCUT2D eigenvalue weighted by Crippen LogP contribution is 2.30. The summed E-state index contributed by atoms with van der Waals surface area (Å²) in [6.45, 7) is 0.721. The van der Waals surface area contributed by atoms with E-state index in [-0.39, 0.29) is 24.9 Å². The van der Waals surface area contributed by atoms with E-state index in [1.165, 1.54) is 17.2 Å². The highest BCUT2D eigenvalue weighted by molar-refractivity contribution is 6.42. The van der Waals surface area contributed by atoms with Crippen molar-refractivity contribution >= 4 is 17.8 Å². The van der Waals surface area contributed by atoms with Gasteiger partial charge >= 0.3 is 6.09 Å². The Morgan fingerprint density at radius 3 is 2.74 bits per heavy atom. The SMILES string of the molecule is COc1ccccc1CN1C(=O)O[C@H]2CN(C(=O)C(=O)c3ccco3)C[C@H]21. The van der Waals surface area contributed by atoms with E-state index in [9.17, 15) is 14.4 Å². The van der Waals surface area contributed by atoms with Crippen molar-refractivity contribution in [3.8, 4) is 5.75 Å². The maximum Gasteiger partial charge on any atom is 0.410 e. The van der Waals surface area contributed by atoms with E-state index in [0.29, 0.717) is 12.3 Å². The number of rotatable bonds is 5. The molecule has 2 atom stereocenters. The lowest BCUT2D eigenvalue weighted by atomic mass is 10.1. The van der Waals surface area contributed by atoms with Crippen LogP contribution in [0.3, 0.4) is 0 Å². The molecule has 8 heteroatoms. The average Bonchev–Trinajstić information content (AvgIpc) is 3.40. The highest BCUT2D eigenvalue weighted by Gasteiger charge is 2.49. The second-order valence-corrected chi connectivity index (χ2v) is 6.45. The number of ketones is 1. The minimum absolute atomic E-state index is 0.0000627. The van der Waals surface area contributed by atoms with Crippen LogP contribution >= 0.6 is 0 Å². The number of Topliss-reactive ketones (excluding diaryl/α,β-unsaturated/α-hetero) is 1. The molecule has 2 aliphatic rings. The molecule has 4 rings (SSSR count). The minimum Gasteiger partial charge on any atom is -0.496 e. The smallest absolute Gasteiger partial charge is 0.410 e. The van der Waals surface area contributed by atoms with Crippen molar-refractivity contribution in [3.63, 3.8) is 0 Å². The molecule has 0 aliphatic carbocycles. The fourth-order valence-corrected chi connectivity index (χ4v) is 3.53. The first kappa shape index (κ1) is 17.1. The molecule has 2 amide bonds. The normalized spacial score (nSPS) is 21.1. The Balaban J connectivity index is 1.48. The number of nitrogens with zero attached hydrogens (tertiary/aromatic N) is 2. The first-order valence-corrected chi connectivity index (χ1v) is 8.54. The van der Waals surface area contributed by atoms with Crippen molar-refractivity contribution in [2.45, 2.75) is 18.7 Å². The maximum absolute atomic E-state index is 12.5. The van der Waals surface area contributed by atoms with Gasteiger partial charge in [-0.2, -0.15) is 0 Å². The third-order valence-electron chi connectivity index (χ3n) is 4.88. The number of ether oxygens (including phenoxy) is 2. The number of furan rings is 1. The number of para-hydroxylation sites is 1. The van der Waals surface area contributed by atoms with Crippen molar-refractivity contribution in [1.29, 1.82) is 0 Å². The Morgan fingerprint density at radius 2 is 2.00 bits per heavy atom. The molecule has 0 N–H and O–H groups in total. The van der Waals surface area contributed by atoms with Crippen LogP contribution in [-0.4, -0.2) is 59.9 Å². The first-order chi connectivity index (χ1) is 13.1. The van der Waals surface area contributed by atoms with E-state index in [0.717, 1.165) is 5.56 Å². The van der Waals surface area contributed by atoms with Crippen LogP contribution in [0.25, 0.3) is 0 Å². The van der Waals surface area contributed by atoms with Gasteiger partial charge in [0.25, 0.3) is 11.7 Å². The molecule has 3 heterocycles. The lowest BCUT2D eigenvalue weighted by Gasteiger charge is -2.23. The van der Waals surface area contributed by atoms with Gasteiger partial charge in [0.1, 0.15) is 11.9 Å². The predicted octanol–water partition coefficient (Wildman–Crippen LogP) is 1.70. The zero-order valence-corrected chi connectivity index (χ0v) is 14.7. The number of hydrogen-bond acceptors (Lipinski definition) is 6. The van der Waals surface area contributed by atoms with Gasteiger partial charge in [-0.3, -0.25) is 14.5 Å². The molecular formula is C19H18N2O6. The zero-order valence-electron chi connectivity index (χ0n) is 14.7. The van der Waals surface area contributed by atoms with Gasteiger partial charge in [-0.25, -0.2) is 4.79 Å². The minimum atomic E-state index is -0.706. The molecular weight excluding hydrogens is 352 g/mol. The van der Waals surface area contributed by atoms with E-state index < -0.39 is 23.9 Å². The summed E-state index contributed by atoms with van der Waals surface area (Å²) in [5.41, 5.74) is 0.842. The van der Waals surface area contributed by atoms with Crippen LogP contribution in [0, 0.1) is 0 Å². The van der Waals surface area contributed by atoms with Crippen molar-refractivity contribution in [2.75, 3.05) is 20.2 Å². The average molecular weight is 370 g/mol. The maximum atomic E-state index is 12.5. The van der Waals surface area contributed by atoms with Crippen LogP contribution in [-0.2, 0) is 16.1 Å². The molecule has 0 spiro atoms. The summed E-state index contributed by atoms with van der Waals surface area (Å²) in [4.78, 5) is 39.9. The van der Waals surface area contributed by atoms with Gasteiger partial charge in [0, 0.05) is 12.1 Å². The number of benzene rings is 1. The molecule has 2 aliphatic heterocycles. The number of carbonyl (C=O) groups excluding carboxylic acids is 3. The third kappa shape index (κ3) is 3.03. The van der Waals surface area contributed by atoms with Crippen molar-refractivity contribution < 1.29 is 28.3 Å². The lowest BCUT2D eigenvalue weighted by Crippen LogP contribution is -2.40. The number of amides is 2. The van der Waals surface area contributed by atoms with Crippen LogP contribution in [0.5, 0.6) is 5.75 Å². The third-order valence-corrected chi connectivity index (χ3v) is 4.88. The molecule has 1 aromatic heterocycles. The molecule has 8 nitrogen and oxygen atoms in total. The second kappa shape index (κ2) is 6.79. The van der Waals surface area contributed by atoms with Gasteiger partial charge in [0.05, 0.1) is 32.5 Å². The monoisotopic (exact) mass is 370 g/mol. The summed E-state index contributed by atoms with van der Waals surface area (Å²) in [7, 11) is 1.57. The van der Waals surface area contributed by atoms with Crippen molar-refractivity contribution in [1.82, 2.24) is 9.80 Å². The Kier molecular flexibility index (Phi) is 4.31. The fraction of sp³-hybridized carbons (Fsp3) is 0.316. The molecule has 0 radical (unpaired) electrons. The Hall–Kier alpha value is -3.29. The van der Waals surface area contributed by atoms with Crippen molar-refractivity contribution in [3.05, 3.63) is 54.0 Å². The van der Waals surface area contributed by atoms with Crippen LogP contribution in [0.15, 0.2) is 47.1 Å². The largest absolute Gasteiger partial charge is 0.496 e. The molecule has 2 fully saturated rings. The molecule has 140 valence electrons. The number of fused-ring (bicyclic) bond motifs is 1. The molecule has 2 aromatic rings. The van der Waals surface area contributed by atoms with Gasteiger partial charge < -0.3 is 18.8 Å². The molecule has 1 aromatic carbocycles. The molecule has 0 saturated carbocycles. The van der Waals surface area contributed by atoms with Gasteiger partial charge in [0.15, 0.2) is 5.76 Å². The topological polar surface area (TPSA) is 89.3 Å². The molecule has 0 unspecified atom stereocenters. The molecule has 2 saturated heterocycles. The fourth-order valence-electron chi connectivity index (χ4n) is 3.53. The van der Waals surface area contributed by atoms with Gasteiger partial charge in [-0.05, 0) is 18.2 Å². The van der Waals surface area contributed by atoms with E-state index >= 15 is 0 Å². The van der Waals surface area contributed by atoms with Crippen molar-refractivity contribution in [2.24, 2.45) is 0 Å². The van der Waals surface area contributed by atoms with Crippen LogP contribution < -0.4 is 4.74 Å². The lowest BCUT2D eigenvalue weighted by molar-refractivity contribution is -0.126. The van der Waals surface area contributed by atoms with Crippen LogP contribution in [0.1, 0.15) is 16.1 Å². The Labute approximate surface area is 155 Å². The first-order valence-electron chi connectivity index (χ1n) is 8.54. The quantitative estimate of drug-likeness (QED) is 0.588. The number of methoxy groups -OCH3 is 1. The Bertz CT molecular complexity index is 878. The number of likely N-dealkylation sites (tertiary alicyclic amines) is 1. The zero-order chi connectivity index (χ0) is 19.0. The highest BCUT2D eigenvalue weighted by atomic mass is 16.6. The summed E-state index contributed by atoms with van der Waals surface area (Å²) in [6.07, 6.45) is 0.455. The van der Waals surface area contributed by atoms with Gasteiger partial charge in [-0.1, -0.05) is 18.2 Å². The summed E-state index contributed by atoms with van der Waals surface area (Å²) in [5.74, 6) is -0.692. The number of hydrogen-bond donors (Lipinski definition) is 0. The molecule has 0 bridgehead atoms. The van der Waals surface area contributed by atoms with Crippen LogP contribution in [0.2, 0.25) is 0 Å². The van der Waals surface area contributed by atoms with E-state index in [2.05, 4.69) is 0 Å². The summed E-state index contributed by atoms with van der Waals surface area (Å²) in [6, 6.07) is 10.1. The van der Waals surface area contributed by atoms with E-state index in [4.69, 9.17) is 13.9 Å². The Morgan fingerprint density at radius 1 is 1.19 bits per heavy atom. The van der Waals surface area contributed by atoms with E-state index in [1.807, 2.05) is 24.3 Å². The standard InChI is InChI=1S/C19H18N2O6/c1-25-14-6-3-2-5-12(14)9-21-13-10-20(11-16(13)27-19(21)24)18(23)17(22)15-7-4-8-26-15/h2-8,13,16H,9-11H2,1H3/t13-,16+/m1/s1. The van der Waals surface area contributed by atoms with Gasteiger partial charge in [0.2, 0.25) is 0 Å². The molecule has 27 heavy (non-hydrogen) atoms. The summed E-state index contributed by atoms with van der Waals surface area (Å²) < 4.78 is 15.8. The van der Waals surface area contributed by atoms with Crippen LogP contribution in [0.4, 0.5) is 4.79 Å². The summed E-state index contributed by atoms with van der Waals surface area (Å²) in [5, 5.41) is 0. The van der Waals surface area contributed by atoms with E-state index in [1.54, 1.807) is 18.1 Å². The van der Waals surface area contributed by atoms with Gasteiger partial charge in [-0.15, -0.1) is 0 Å². The summed E-state index contributed by atoms with van der Waals surface area (Å²) >= 11 is 0. The second-order valence-electron chi connectivity index (χ2n) is 6.45. The number of carbonyl (C=O) groups is 3.